The van der Waals surface area contributed by atoms with E-state index in [1.54, 1.807) is 0 Å². The quantitative estimate of drug-likeness (QED) is 0.780. The van der Waals surface area contributed by atoms with E-state index in [1.807, 2.05) is 0 Å². The standard InChI is InChI=1S/C18H29N3O2/c1-16-4-6-17(7-5-16)8-15-23-18(22)19-9-3-10-21-13-11-20(2)12-14-21/h4-7H,3,8-15H2,1-2H3,(H,19,22). The molecule has 1 N–H and O–H groups in total. The lowest BCUT2D eigenvalue weighted by Crippen LogP contribution is -2.45. The summed E-state index contributed by atoms with van der Waals surface area (Å²) in [6.07, 6.45) is 1.42. The average molecular weight is 319 g/mol. The minimum atomic E-state index is -0.310. The fraction of sp³-hybridized carbons (Fsp3) is 0.611. The molecule has 23 heavy (non-hydrogen) atoms. The number of aryl methyl sites for hydroxylation is 1. The van der Waals surface area contributed by atoms with Crippen LogP contribution < -0.4 is 5.32 Å². The van der Waals surface area contributed by atoms with Crippen molar-refractivity contribution in [2.75, 3.05) is 52.9 Å². The van der Waals surface area contributed by atoms with E-state index in [4.69, 9.17) is 4.74 Å². The zero-order valence-corrected chi connectivity index (χ0v) is 14.4. The molecule has 0 spiro atoms. The maximum absolute atomic E-state index is 11.6. The highest BCUT2D eigenvalue weighted by molar-refractivity contribution is 5.67. The van der Waals surface area contributed by atoms with E-state index in [0.717, 1.165) is 45.6 Å². The van der Waals surface area contributed by atoms with E-state index in [9.17, 15) is 4.79 Å². The number of rotatable bonds is 7. The van der Waals surface area contributed by atoms with Crippen molar-refractivity contribution in [3.63, 3.8) is 0 Å². The van der Waals surface area contributed by atoms with Gasteiger partial charge >= 0.3 is 6.09 Å². The molecule has 0 aromatic heterocycles. The normalized spacial score (nSPS) is 16.3. The van der Waals surface area contributed by atoms with Gasteiger partial charge in [0.05, 0.1) is 6.61 Å². The Bertz CT molecular complexity index is 468. The van der Waals surface area contributed by atoms with Crippen molar-refractivity contribution in [2.24, 2.45) is 0 Å². The second-order valence-corrected chi connectivity index (χ2v) is 6.30. The van der Waals surface area contributed by atoms with Crippen molar-refractivity contribution in [1.82, 2.24) is 15.1 Å². The van der Waals surface area contributed by atoms with Crippen molar-refractivity contribution < 1.29 is 9.53 Å². The summed E-state index contributed by atoms with van der Waals surface area (Å²) >= 11 is 0. The molecule has 5 heteroatoms. The van der Waals surface area contributed by atoms with Crippen molar-refractivity contribution in [2.45, 2.75) is 19.8 Å². The number of benzene rings is 1. The lowest BCUT2D eigenvalue weighted by molar-refractivity contribution is 0.142. The van der Waals surface area contributed by atoms with Crippen LogP contribution in [0.25, 0.3) is 0 Å². The number of hydrogen-bond donors (Lipinski definition) is 1. The van der Waals surface area contributed by atoms with Crippen LogP contribution in [0.2, 0.25) is 0 Å². The molecule has 1 saturated heterocycles. The van der Waals surface area contributed by atoms with Crippen LogP contribution in [-0.2, 0) is 11.2 Å². The van der Waals surface area contributed by atoms with Gasteiger partial charge in [0.15, 0.2) is 0 Å². The summed E-state index contributed by atoms with van der Waals surface area (Å²) in [6, 6.07) is 8.31. The SMILES string of the molecule is Cc1ccc(CCOC(=O)NCCCN2CCN(C)CC2)cc1. The highest BCUT2D eigenvalue weighted by Gasteiger charge is 2.12. The topological polar surface area (TPSA) is 44.8 Å². The van der Waals surface area contributed by atoms with Crippen LogP contribution >= 0.6 is 0 Å². The van der Waals surface area contributed by atoms with Gasteiger partial charge in [0.2, 0.25) is 0 Å². The monoisotopic (exact) mass is 319 g/mol. The second kappa shape index (κ2) is 9.53. The highest BCUT2D eigenvalue weighted by atomic mass is 16.5. The number of piperazine rings is 1. The number of likely N-dealkylation sites (N-methyl/N-ethyl adjacent to an activating group) is 1. The van der Waals surface area contributed by atoms with Crippen molar-refractivity contribution in [3.8, 4) is 0 Å². The summed E-state index contributed by atoms with van der Waals surface area (Å²) in [5, 5.41) is 2.83. The molecule has 1 fully saturated rings. The lowest BCUT2D eigenvalue weighted by Gasteiger charge is -2.32. The number of carbonyl (C=O) groups is 1. The van der Waals surface area contributed by atoms with Crippen LogP contribution in [0.3, 0.4) is 0 Å². The van der Waals surface area contributed by atoms with Crippen LogP contribution in [0, 0.1) is 6.92 Å². The van der Waals surface area contributed by atoms with Crippen molar-refractivity contribution in [1.29, 1.82) is 0 Å². The summed E-state index contributed by atoms with van der Waals surface area (Å²) in [5.74, 6) is 0. The fourth-order valence-corrected chi connectivity index (χ4v) is 2.63. The Morgan fingerprint density at radius 2 is 1.87 bits per heavy atom. The van der Waals surface area contributed by atoms with E-state index in [0.29, 0.717) is 13.2 Å². The number of nitrogens with one attached hydrogen (secondary N) is 1. The highest BCUT2D eigenvalue weighted by Crippen LogP contribution is 2.04. The van der Waals surface area contributed by atoms with E-state index < -0.39 is 0 Å². The smallest absolute Gasteiger partial charge is 0.407 e. The molecule has 1 aromatic carbocycles. The van der Waals surface area contributed by atoms with Gasteiger partial charge in [-0.05, 0) is 32.5 Å². The first-order chi connectivity index (χ1) is 11.1. The number of nitrogens with zero attached hydrogens (tertiary/aromatic N) is 2. The average Bonchev–Trinajstić information content (AvgIpc) is 2.55. The Morgan fingerprint density at radius 3 is 2.57 bits per heavy atom. The second-order valence-electron chi connectivity index (χ2n) is 6.30. The van der Waals surface area contributed by atoms with Gasteiger partial charge in [-0.1, -0.05) is 29.8 Å². The molecule has 1 heterocycles. The third-order valence-corrected chi connectivity index (χ3v) is 4.26. The summed E-state index contributed by atoms with van der Waals surface area (Å²) in [5.41, 5.74) is 2.44. The lowest BCUT2D eigenvalue weighted by atomic mass is 10.1. The van der Waals surface area contributed by atoms with Crippen LogP contribution in [-0.4, -0.2) is 68.8 Å². The van der Waals surface area contributed by atoms with Crippen LogP contribution in [0.4, 0.5) is 4.79 Å². The molecule has 1 aliphatic heterocycles. The third-order valence-electron chi connectivity index (χ3n) is 4.26. The molecule has 0 bridgehead atoms. The number of alkyl carbamates (subject to hydrolysis) is 1. The van der Waals surface area contributed by atoms with Gasteiger partial charge in [0.1, 0.15) is 0 Å². The van der Waals surface area contributed by atoms with E-state index >= 15 is 0 Å². The molecule has 0 saturated carbocycles. The Labute approximate surface area is 139 Å². The fourth-order valence-electron chi connectivity index (χ4n) is 2.63. The minimum absolute atomic E-state index is 0.310. The molecule has 0 unspecified atom stereocenters. The van der Waals surface area contributed by atoms with Gasteiger partial charge in [0, 0.05) is 39.1 Å². The van der Waals surface area contributed by atoms with Crippen molar-refractivity contribution >= 4 is 6.09 Å². The predicted octanol–water partition coefficient (Wildman–Crippen LogP) is 1.90. The van der Waals surface area contributed by atoms with Crippen LogP contribution in [0.15, 0.2) is 24.3 Å². The molecule has 0 aliphatic carbocycles. The molecule has 5 nitrogen and oxygen atoms in total. The first kappa shape index (κ1) is 17.8. The van der Waals surface area contributed by atoms with Gasteiger partial charge < -0.3 is 19.9 Å². The number of hydrogen-bond acceptors (Lipinski definition) is 4. The summed E-state index contributed by atoms with van der Waals surface area (Å²) in [4.78, 5) is 16.4. The van der Waals surface area contributed by atoms with Gasteiger partial charge in [-0.25, -0.2) is 4.79 Å². The van der Waals surface area contributed by atoms with Crippen molar-refractivity contribution in [3.05, 3.63) is 35.4 Å². The maximum atomic E-state index is 11.6. The zero-order chi connectivity index (χ0) is 16.5. The molecule has 1 amide bonds. The van der Waals surface area contributed by atoms with E-state index in [2.05, 4.69) is 53.4 Å². The van der Waals surface area contributed by atoms with Gasteiger partial charge in [0.25, 0.3) is 0 Å². The van der Waals surface area contributed by atoms with Gasteiger partial charge in [-0.3, -0.25) is 0 Å². The summed E-state index contributed by atoms with van der Waals surface area (Å²) in [6.45, 7) is 8.72. The van der Waals surface area contributed by atoms with E-state index in [-0.39, 0.29) is 6.09 Å². The number of amides is 1. The predicted molar refractivity (Wildman–Crippen MR) is 92.8 cm³/mol. The molecule has 2 rings (SSSR count). The Kier molecular flexibility index (Phi) is 7.36. The molecule has 1 aliphatic rings. The number of ether oxygens (including phenoxy) is 1. The third kappa shape index (κ3) is 7.01. The molecule has 0 radical (unpaired) electrons. The molecule has 0 atom stereocenters. The summed E-state index contributed by atoms with van der Waals surface area (Å²) < 4.78 is 5.21. The largest absolute Gasteiger partial charge is 0.449 e. The Hall–Kier alpha value is -1.59. The van der Waals surface area contributed by atoms with Crippen LogP contribution in [0.1, 0.15) is 17.5 Å². The zero-order valence-electron chi connectivity index (χ0n) is 14.4. The first-order valence-electron chi connectivity index (χ1n) is 8.50. The van der Waals surface area contributed by atoms with Gasteiger partial charge in [-0.15, -0.1) is 0 Å². The molecule has 128 valence electrons. The minimum Gasteiger partial charge on any atom is -0.449 e. The molecule has 1 aromatic rings. The first-order valence-corrected chi connectivity index (χ1v) is 8.50. The van der Waals surface area contributed by atoms with Gasteiger partial charge in [-0.2, -0.15) is 0 Å². The number of carbonyl (C=O) groups excluding carboxylic acids is 1. The maximum Gasteiger partial charge on any atom is 0.407 e. The summed E-state index contributed by atoms with van der Waals surface area (Å²) in [7, 11) is 2.16. The van der Waals surface area contributed by atoms with Crippen LogP contribution in [0.5, 0.6) is 0 Å². The molecular formula is C18H29N3O2. The Morgan fingerprint density at radius 1 is 1.17 bits per heavy atom. The Balaban J connectivity index is 1.49. The van der Waals surface area contributed by atoms with E-state index in [1.165, 1.54) is 11.1 Å². The molecular weight excluding hydrogens is 290 g/mol.